The monoisotopic (exact) mass is 1490 g/mol. The first-order valence-electron chi connectivity index (χ1n) is 33.6. The number of carbonyl (C=O) groups is 14. The van der Waals surface area contributed by atoms with Gasteiger partial charge in [0, 0.05) is 6.54 Å². The number of ether oxygens (including phenoxy) is 2. The number of carboxylic acids is 2. The molecule has 0 bridgehead atoms. The molecular formula is C65H105F3N14O22. The number of amides is 11. The van der Waals surface area contributed by atoms with Crippen LogP contribution in [0.5, 0.6) is 0 Å². The van der Waals surface area contributed by atoms with Crippen molar-refractivity contribution in [1.29, 1.82) is 0 Å². The van der Waals surface area contributed by atoms with Gasteiger partial charge < -0.3 is 110 Å². The van der Waals surface area contributed by atoms with E-state index < -0.39 is 217 Å². The van der Waals surface area contributed by atoms with Crippen molar-refractivity contribution in [2.24, 2.45) is 46.0 Å². The lowest BCUT2D eigenvalue weighted by Gasteiger charge is -2.34. The van der Waals surface area contributed by atoms with Crippen LogP contribution in [0.3, 0.4) is 0 Å². The third-order valence-electron chi connectivity index (χ3n) is 15.3. The number of alkyl halides is 3. The number of aliphatic hydroxyl groups excluding tert-OH is 4. The van der Waals surface area contributed by atoms with Crippen LogP contribution < -0.4 is 70.0 Å². The zero-order valence-corrected chi connectivity index (χ0v) is 60.7. The van der Waals surface area contributed by atoms with Gasteiger partial charge in [0.05, 0.1) is 25.4 Å². The fraction of sp³-hybridized carbons (Fsp3) is 0.677. The van der Waals surface area contributed by atoms with Crippen molar-refractivity contribution >= 4 is 89.0 Å². The number of rotatable bonds is 24. The second-order valence-electron chi connectivity index (χ2n) is 27.4. The second-order valence-corrected chi connectivity index (χ2v) is 27.4. The predicted octanol–water partition coefficient (Wildman–Crippen LogP) is -2.64. The average molecular weight is 1490 g/mol. The molecule has 21 N–H and O–H groups in total. The van der Waals surface area contributed by atoms with Crippen LogP contribution in [0.25, 0.3) is 0 Å². The SMILES string of the molecule is CC[C@H](C)[C@@H]1NC(=O)[C@@H](CCCN=C(N)N)NC(=O)[C@H](CC(C)C)NC(=O)[C@H]([C@H](O)C(C)C)NC(=O)[C@@H](NC(=O)[C@H](CC(C)C)NC(=O)[C@@H](CC(C)C)NC(=O)OC(C)(C)C)[C@@H](c2ccccc2)OC(=O)[C@H](CO)NC(=O)[C@H]([C@H](O)C(=O)O)NC(=O)CNC(=O)[C@H]([C@H](C)O)NC1=O.O=C(O)C(F)(F)F. The topological polar surface area (TPSA) is 576 Å². The number of carboxylic acid groups (broad SMARTS) is 2. The molecule has 1 aromatic carbocycles. The van der Waals surface area contributed by atoms with E-state index in [2.05, 4.69) is 52.8 Å². The predicted molar refractivity (Wildman–Crippen MR) is 363 cm³/mol. The Morgan fingerprint density at radius 1 is 0.644 bits per heavy atom. The first-order chi connectivity index (χ1) is 48.1. The summed E-state index contributed by atoms with van der Waals surface area (Å²) >= 11 is 0. The van der Waals surface area contributed by atoms with Gasteiger partial charge in [0.2, 0.25) is 59.1 Å². The van der Waals surface area contributed by atoms with Gasteiger partial charge in [-0.05, 0) is 95.0 Å². The lowest BCUT2D eigenvalue weighted by Crippen LogP contribution is -2.64. The Kier molecular flexibility index (Phi) is 38.8. The number of carbonyl (C=O) groups excluding carboxylic acids is 12. The third kappa shape index (κ3) is 32.9. The number of esters is 1. The maximum atomic E-state index is 15.5. The maximum absolute atomic E-state index is 15.5. The summed E-state index contributed by atoms with van der Waals surface area (Å²) in [6, 6.07) is -11.7. The smallest absolute Gasteiger partial charge is 0.479 e. The van der Waals surface area contributed by atoms with Crippen LogP contribution in [0.4, 0.5) is 18.0 Å². The van der Waals surface area contributed by atoms with Gasteiger partial charge in [0.1, 0.15) is 60.0 Å². The molecule has 1 aromatic rings. The van der Waals surface area contributed by atoms with Gasteiger partial charge in [-0.2, -0.15) is 13.2 Å². The number of nitrogens with zero attached hydrogens (tertiary/aromatic N) is 1. The van der Waals surface area contributed by atoms with E-state index >= 15 is 9.59 Å². The van der Waals surface area contributed by atoms with E-state index in [4.69, 9.17) is 30.8 Å². The van der Waals surface area contributed by atoms with Gasteiger partial charge in [0.25, 0.3) is 0 Å². The highest BCUT2D eigenvalue weighted by Gasteiger charge is 2.45. The normalized spacial score (nSPS) is 23.0. The van der Waals surface area contributed by atoms with Crippen LogP contribution in [0.15, 0.2) is 35.3 Å². The first kappa shape index (κ1) is 92.5. The molecule has 1 heterocycles. The van der Waals surface area contributed by atoms with Crippen LogP contribution in [0.1, 0.15) is 147 Å². The standard InChI is InChI=1S/C63H104N14O20.C2HF3O2/c1-15-33(10)42-55(88)75-43(34(11)79)54(87)67-27-41(80)73-45(48(82)59(92)93)57(90)71-40(28-78)60(94)96-49(35-20-17-16-18-21-35)46(77-53(86)38(25-30(4)5)69-52(85)39(26-31(6)7)72-62(95)97-63(12,13)14)58(91)76-44(47(81)32(8)9)56(89)70-37(24-29(2)3)51(84)68-36(50(83)74-42)22-19-23-66-61(64)65;3-2(4,5)1(6)7/h16-18,20-21,29-34,36-40,42-49,78-79,81-82H,15,19,22-28H2,1-14H3,(H,67,87)(H,68,84)(H,69,85)(H,70,89)(H,71,90)(H,72,95)(H,73,80)(H,74,83)(H,75,88)(H,76,91)(H,77,86)(H,92,93)(H4,64,65,66);(H,6,7)/t33-,34-,36+,37-,38-,39+,40-,42-,43-,44-,45-,46-,47+,48-,49+;/m0./s1. The molecule has 1 fully saturated rings. The highest BCUT2D eigenvalue weighted by molar-refractivity contribution is 6.00. The molecule has 2 rings (SSSR count). The van der Waals surface area contributed by atoms with Crippen molar-refractivity contribution < 1.29 is 120 Å². The van der Waals surface area contributed by atoms with Crippen molar-refractivity contribution in [2.75, 3.05) is 19.7 Å². The van der Waals surface area contributed by atoms with Crippen LogP contribution in [0.2, 0.25) is 0 Å². The average Bonchev–Trinajstić information content (AvgIpc) is 0.808. The highest BCUT2D eigenvalue weighted by atomic mass is 19.4. The van der Waals surface area contributed by atoms with E-state index in [0.717, 1.165) is 6.92 Å². The quantitative estimate of drug-likeness (QED) is 0.0218. The minimum absolute atomic E-state index is 0.0249. The third-order valence-corrected chi connectivity index (χ3v) is 15.3. The number of aliphatic imine (C=N–C) groups is 1. The van der Waals surface area contributed by atoms with Gasteiger partial charge in [-0.15, -0.1) is 0 Å². The minimum atomic E-state index is -5.08. The molecule has 0 saturated carbocycles. The lowest BCUT2D eigenvalue weighted by molar-refractivity contribution is -0.192. The van der Waals surface area contributed by atoms with E-state index in [1.165, 1.54) is 44.2 Å². The molecule has 104 heavy (non-hydrogen) atoms. The van der Waals surface area contributed by atoms with E-state index in [1.54, 1.807) is 76.2 Å². The van der Waals surface area contributed by atoms with Crippen molar-refractivity contribution in [3.05, 3.63) is 35.9 Å². The van der Waals surface area contributed by atoms with Crippen LogP contribution in [-0.4, -0.2) is 230 Å². The summed E-state index contributed by atoms with van der Waals surface area (Å²) in [4.78, 5) is 197. The molecule has 15 atom stereocenters. The number of hydrogen-bond acceptors (Lipinski definition) is 21. The summed E-state index contributed by atoms with van der Waals surface area (Å²) in [5.41, 5.74) is 10.00. The first-order valence-corrected chi connectivity index (χ1v) is 33.6. The van der Waals surface area contributed by atoms with Gasteiger partial charge >= 0.3 is 30.2 Å². The van der Waals surface area contributed by atoms with Crippen LogP contribution in [0, 0.1) is 29.6 Å². The van der Waals surface area contributed by atoms with Gasteiger partial charge in [-0.3, -0.25) is 52.9 Å². The highest BCUT2D eigenvalue weighted by Crippen LogP contribution is 2.25. The number of cyclic esters (lactones) is 1. The van der Waals surface area contributed by atoms with E-state index in [-0.39, 0.29) is 62.5 Å². The summed E-state index contributed by atoms with van der Waals surface area (Å²) in [6.07, 6.45) is -14.9. The Morgan fingerprint density at radius 3 is 1.62 bits per heavy atom. The van der Waals surface area contributed by atoms with Crippen molar-refractivity contribution in [1.82, 2.24) is 58.5 Å². The Labute approximate surface area is 599 Å². The Balaban J connectivity index is 0.00000731. The number of halogens is 3. The molecule has 36 nitrogen and oxygen atoms in total. The summed E-state index contributed by atoms with van der Waals surface area (Å²) in [6.45, 7) is 19.7. The molecule has 0 unspecified atom stereocenters. The number of guanidine groups is 1. The molecule has 11 amide bonds. The summed E-state index contributed by atoms with van der Waals surface area (Å²) in [5, 5.41) is 87.5. The number of nitrogens with one attached hydrogen (secondary N) is 11. The van der Waals surface area contributed by atoms with Gasteiger partial charge in [-0.25, -0.2) is 19.2 Å². The second kappa shape index (κ2) is 43.6. The molecule has 1 saturated heterocycles. The number of hydrogen-bond donors (Lipinski definition) is 19. The van der Waals surface area contributed by atoms with Crippen molar-refractivity contribution in [3.63, 3.8) is 0 Å². The molecule has 0 aromatic heterocycles. The zero-order valence-electron chi connectivity index (χ0n) is 60.7. The number of alkyl carbamates (subject to hydrolysis) is 1. The van der Waals surface area contributed by atoms with Gasteiger partial charge in [-0.1, -0.05) is 106 Å². The van der Waals surface area contributed by atoms with Crippen LogP contribution >= 0.6 is 0 Å². The fourth-order valence-electron chi connectivity index (χ4n) is 9.76. The molecule has 0 aliphatic carbocycles. The molecule has 0 radical (unpaired) electrons. The summed E-state index contributed by atoms with van der Waals surface area (Å²) in [5.74, 6) is -21.5. The van der Waals surface area contributed by atoms with Gasteiger partial charge in [0.15, 0.2) is 24.2 Å². The largest absolute Gasteiger partial charge is 0.490 e. The lowest BCUT2D eigenvalue weighted by atomic mass is 9.95. The molecular weight excluding hydrogens is 1390 g/mol. The van der Waals surface area contributed by atoms with Crippen molar-refractivity contribution in [2.45, 2.75) is 232 Å². The Morgan fingerprint density at radius 2 is 1.14 bits per heavy atom. The number of nitrogens with two attached hydrogens (primary N) is 2. The summed E-state index contributed by atoms with van der Waals surface area (Å²) in [7, 11) is 0. The zero-order chi connectivity index (χ0) is 80.0. The molecule has 1 aliphatic rings. The van der Waals surface area contributed by atoms with E-state index in [0.29, 0.717) is 0 Å². The molecule has 588 valence electrons. The van der Waals surface area contributed by atoms with E-state index in [9.17, 15) is 91.4 Å². The Hall–Kier alpha value is -9.50. The Bertz CT molecular complexity index is 3110. The summed E-state index contributed by atoms with van der Waals surface area (Å²) < 4.78 is 43.1. The number of aliphatic hydroxyl groups is 4. The van der Waals surface area contributed by atoms with E-state index in [1.807, 2.05) is 10.6 Å². The molecule has 39 heteroatoms. The van der Waals surface area contributed by atoms with Crippen LogP contribution in [-0.2, 0) is 71.8 Å². The molecule has 0 spiro atoms. The minimum Gasteiger partial charge on any atom is -0.479 e. The maximum Gasteiger partial charge on any atom is 0.490 e. The fourth-order valence-corrected chi connectivity index (χ4v) is 9.76. The van der Waals surface area contributed by atoms with Crippen molar-refractivity contribution in [3.8, 4) is 0 Å². The molecule has 1 aliphatic heterocycles. The number of aliphatic carboxylic acids is 2. The number of benzene rings is 1.